The maximum Gasteiger partial charge on any atom is 0.472 e. The first-order valence-corrected chi connectivity index (χ1v) is 41.5. The first-order chi connectivity index (χ1) is 50.7. The Balaban J connectivity index is 0.803. The topological polar surface area (TPSA) is 579 Å². The van der Waals surface area contributed by atoms with Crippen molar-refractivity contribution in [2.24, 2.45) is 0 Å². The average molecular weight is 1650 g/mol. The monoisotopic (exact) mass is 1650 g/mol. The van der Waals surface area contributed by atoms with Crippen molar-refractivity contribution >= 4 is 64.3 Å². The summed E-state index contributed by atoms with van der Waals surface area (Å²) in [6.45, 7) is -1.08. The number of aromatic amines is 3. The largest absolute Gasteiger partial charge is 0.472 e. The highest BCUT2D eigenvalue weighted by atomic mass is 32.5. The fourth-order valence-electron chi connectivity index (χ4n) is 12.2. The highest BCUT2D eigenvalue weighted by Gasteiger charge is 2.52. The number of aromatic nitrogens is 10. The third-order valence-corrected chi connectivity index (χ3v) is 22.9. The number of aryl methyl sites for hydroxylation is 5. The number of rotatable bonds is 34. The Kier molecular flexibility index (Phi) is 27.6. The lowest BCUT2D eigenvalue weighted by atomic mass is 10.1. The molecule has 0 bridgehead atoms. The van der Waals surface area contributed by atoms with Crippen LogP contribution in [0.2, 0.25) is 0 Å². The van der Waals surface area contributed by atoms with E-state index in [2.05, 4.69) is 24.9 Å². The number of phosphoric ester groups is 2. The Bertz CT molecular complexity index is 4790. The van der Waals surface area contributed by atoms with Crippen molar-refractivity contribution in [1.82, 2.24) is 47.8 Å². The van der Waals surface area contributed by atoms with E-state index in [0.717, 1.165) is 30.7 Å². The zero-order chi connectivity index (χ0) is 78.8. The Morgan fingerprint density at radius 1 is 0.537 bits per heavy atom. The molecule has 0 amide bonds. The maximum absolute atomic E-state index is 14.1. The lowest BCUT2D eigenvalue weighted by Crippen LogP contribution is -2.42. The minimum atomic E-state index is -5.36. The van der Waals surface area contributed by atoms with E-state index in [-0.39, 0.29) is 54.4 Å². The number of nitrogen functional groups attached to an aromatic ring is 2. The maximum atomic E-state index is 14.1. The summed E-state index contributed by atoms with van der Waals surface area (Å²) < 4.78 is 132. The molecule has 12 N–H and O–H groups in total. The minimum absolute atomic E-state index is 0.00507. The van der Waals surface area contributed by atoms with Crippen LogP contribution in [0.5, 0.6) is 0 Å². The van der Waals surface area contributed by atoms with Crippen LogP contribution in [0.4, 0.5) is 11.6 Å². The standard InChI is InChI=1S/C58H84N12O32P4S2/c1-10-33-34(13-40(96-33)67-17-28(4)48(72)63-56(67)77)101-106(85,108)93-24-36-35(14-41(97-36)66-15-26(2)46(59)61-54(66)75)102-105(84,107)92-21-32(8)95-44-38(22-88-52(44)69-19-30(6)50(74)65-58(69)79)99-103(80,81)90-20-31(7)94-43-39(23-89-51(43)68-18-29(5)49(73)64-57(68)78)100-104(82,83)91-25-37-42(71)45(87-12-11-86-9)53(98-37)70-16-27(3)47(60)62-55(70)76/h15-19,31-45,51-53,71H,10-14,20-25H2,1-9H3,(H,80,81)(H,82,83)(H,84,107)(H,85,108)(H2,59,61,75)(H2,60,62,76)(H,63,72,77)(H,64,73,78)(H,65,74,79)/t31-,32-,33+,34?,35?,36+,37+,38?,39?,40+,41+,42?,43-,44-,45-,51+,52+,53+,105?,106?/m0/s1. The van der Waals surface area contributed by atoms with E-state index in [1.807, 2.05) is 0 Å². The van der Waals surface area contributed by atoms with E-state index < -0.39 is 224 Å². The van der Waals surface area contributed by atoms with E-state index in [1.54, 1.807) is 20.8 Å². The van der Waals surface area contributed by atoms with Gasteiger partial charge in [0.1, 0.15) is 72.9 Å². The molecule has 5 aliphatic rings. The van der Waals surface area contributed by atoms with Gasteiger partial charge in [-0.15, -0.1) is 0 Å². The van der Waals surface area contributed by atoms with Crippen LogP contribution in [0.1, 0.15) is 99.0 Å². The number of phosphoric acid groups is 2. The number of anilines is 2. The molecule has 22 atom stereocenters. The second-order valence-corrected chi connectivity index (χ2v) is 34.3. The Morgan fingerprint density at radius 2 is 0.963 bits per heavy atom. The van der Waals surface area contributed by atoms with Crippen LogP contribution in [0.3, 0.4) is 0 Å². The van der Waals surface area contributed by atoms with E-state index in [9.17, 15) is 72.2 Å². The summed E-state index contributed by atoms with van der Waals surface area (Å²) in [5.74, 6) is -0.134. The first-order valence-electron chi connectivity index (χ1n) is 33.3. The molecule has 5 aromatic heterocycles. The van der Waals surface area contributed by atoms with Crippen molar-refractivity contribution in [3.63, 3.8) is 0 Å². The van der Waals surface area contributed by atoms with Crippen molar-refractivity contribution in [1.29, 1.82) is 0 Å². The molecule has 44 nitrogen and oxygen atoms in total. The Morgan fingerprint density at radius 3 is 1.48 bits per heavy atom. The zero-order valence-corrected chi connectivity index (χ0v) is 64.4. The molecule has 5 saturated heterocycles. The first kappa shape index (κ1) is 84.7. The molecular formula is C58H84N12O32P4S2. The normalized spacial score (nSPS) is 29.4. The predicted octanol–water partition coefficient (Wildman–Crippen LogP) is -1.02. The van der Waals surface area contributed by atoms with Gasteiger partial charge in [-0.05, 0) is 78.5 Å². The summed E-state index contributed by atoms with van der Waals surface area (Å²) >= 11 is 10.9. The second kappa shape index (κ2) is 35.1. The lowest BCUT2D eigenvalue weighted by Gasteiger charge is -2.30. The molecule has 10 rings (SSSR count). The third kappa shape index (κ3) is 20.6. The van der Waals surface area contributed by atoms with E-state index in [0.29, 0.717) is 17.5 Å². The van der Waals surface area contributed by atoms with E-state index in [1.165, 1.54) is 64.9 Å². The molecule has 10 heterocycles. The summed E-state index contributed by atoms with van der Waals surface area (Å²) in [5, 5.41) is 11.4. The highest BCUT2D eigenvalue weighted by Crippen LogP contribution is 2.54. The van der Waals surface area contributed by atoms with Crippen molar-refractivity contribution in [2.45, 2.75) is 185 Å². The van der Waals surface area contributed by atoms with Gasteiger partial charge in [0.15, 0.2) is 18.7 Å². The molecule has 50 heteroatoms. The van der Waals surface area contributed by atoms with Crippen molar-refractivity contribution in [3.8, 4) is 0 Å². The van der Waals surface area contributed by atoms with Crippen LogP contribution in [-0.4, -0.2) is 212 Å². The molecule has 0 aliphatic carbocycles. The number of nitrogens with two attached hydrogens (primary N) is 2. The number of hydrogen-bond donors (Lipinski definition) is 10. The molecular weight excluding hydrogens is 1560 g/mol. The number of aliphatic hydroxyl groups is 1. The number of aliphatic hydroxyl groups excluding tert-OH is 1. The molecule has 5 aliphatic heterocycles. The summed E-state index contributed by atoms with van der Waals surface area (Å²) in [6.07, 6.45) is -17.9. The van der Waals surface area contributed by atoms with Crippen LogP contribution in [0.25, 0.3) is 0 Å². The molecule has 600 valence electrons. The fraction of sp³-hybridized carbons (Fsp3) is 0.655. The van der Waals surface area contributed by atoms with Crippen LogP contribution in [0.15, 0.2) is 69.3 Å². The van der Waals surface area contributed by atoms with Gasteiger partial charge >= 0.3 is 57.5 Å². The number of hydrogen-bond acceptors (Lipinski definition) is 34. The smallest absolute Gasteiger partial charge is 0.387 e. The zero-order valence-electron chi connectivity index (χ0n) is 59.2. The van der Waals surface area contributed by atoms with Crippen LogP contribution in [-0.2, 0) is 112 Å². The van der Waals surface area contributed by atoms with Crippen molar-refractivity contribution in [2.75, 3.05) is 71.4 Å². The van der Waals surface area contributed by atoms with Gasteiger partial charge < -0.3 is 96.9 Å². The molecule has 0 saturated carbocycles. The number of H-pyrrole nitrogens is 3. The SMILES string of the molecule is CC[C@H]1O[C@@H](n2cc(C)c(=O)[nH]c2=O)CC1OP(O)(=S)OC[C@H]1O[C@@H](n2cc(C)c(N)nc2=O)CC1OP(O)(=S)OC[C@H](C)O[C@H]1C(OP(=O)(O)OC[C@H](C)O[C@H]2C(OP(=O)(O)OC[C@H]3O[C@@H](n4cc(C)c(N)nc4=O)[C@@H](OCCOC)C3O)CO[C@H]2n2cc(C)c(=O)[nH]c2=O)CO[C@H]1n1cc(C)c(=O)[nH]c1=O. The third-order valence-electron chi connectivity index (χ3n) is 17.7. The van der Waals surface area contributed by atoms with Gasteiger partial charge in [-0.3, -0.25) is 70.3 Å². The summed E-state index contributed by atoms with van der Waals surface area (Å²) in [4.78, 5) is 163. The van der Waals surface area contributed by atoms with Crippen LogP contribution in [0, 0.1) is 34.6 Å². The molecule has 5 aromatic rings. The van der Waals surface area contributed by atoms with Crippen molar-refractivity contribution < 1.29 is 113 Å². The number of methoxy groups -OCH3 is 1. The molecule has 0 aromatic carbocycles. The van der Waals surface area contributed by atoms with Gasteiger partial charge in [0.25, 0.3) is 16.7 Å². The molecule has 0 radical (unpaired) electrons. The second-order valence-electron chi connectivity index (χ2n) is 25.9. The molecule has 9 unspecified atom stereocenters. The minimum Gasteiger partial charge on any atom is -0.387 e. The summed E-state index contributed by atoms with van der Waals surface area (Å²) in [6, 6.07) is 0. The van der Waals surface area contributed by atoms with E-state index in [4.69, 9.17) is 114 Å². The Hall–Kier alpha value is -5.72. The van der Waals surface area contributed by atoms with Gasteiger partial charge in [-0.25, -0.2) is 33.1 Å². The van der Waals surface area contributed by atoms with E-state index >= 15 is 0 Å². The van der Waals surface area contributed by atoms with Gasteiger partial charge in [0, 0.05) is 78.8 Å². The van der Waals surface area contributed by atoms with Gasteiger partial charge in [-0.1, -0.05) is 6.92 Å². The summed E-state index contributed by atoms with van der Waals surface area (Å²) in [5.41, 5.74) is 6.18. The lowest BCUT2D eigenvalue weighted by molar-refractivity contribution is -0.112. The quantitative estimate of drug-likeness (QED) is 0.0174. The fourth-order valence-corrected chi connectivity index (χ4v) is 17.1. The van der Waals surface area contributed by atoms with Gasteiger partial charge in [-0.2, -0.15) is 9.97 Å². The Labute approximate surface area is 620 Å². The van der Waals surface area contributed by atoms with Gasteiger partial charge in [0.05, 0.1) is 83.4 Å². The highest BCUT2D eigenvalue weighted by molar-refractivity contribution is 8.07. The van der Waals surface area contributed by atoms with Crippen LogP contribution < -0.4 is 56.6 Å². The number of ether oxygens (including phenoxy) is 9. The molecule has 0 spiro atoms. The molecule has 108 heavy (non-hydrogen) atoms. The van der Waals surface area contributed by atoms with Gasteiger partial charge in [0.2, 0.25) is 0 Å². The van der Waals surface area contributed by atoms with Crippen molar-refractivity contribution in [3.05, 3.63) is 142 Å². The average Bonchev–Trinajstić information content (AvgIpc) is 1.64. The van der Waals surface area contributed by atoms with Crippen LogP contribution >= 0.6 is 29.1 Å². The number of nitrogens with one attached hydrogen (secondary N) is 3. The predicted molar refractivity (Wildman–Crippen MR) is 377 cm³/mol. The summed E-state index contributed by atoms with van der Waals surface area (Å²) in [7, 11) is -9.28. The number of nitrogens with zero attached hydrogens (tertiary/aromatic N) is 7. The molecule has 5 fully saturated rings.